The van der Waals surface area contributed by atoms with Crippen molar-refractivity contribution >= 4 is 5.91 Å². The molecule has 3 aliphatic rings. The maximum Gasteiger partial charge on any atom is 0.228 e. The van der Waals surface area contributed by atoms with Crippen LogP contribution in [0.2, 0.25) is 0 Å². The van der Waals surface area contributed by atoms with Crippen LogP contribution < -0.4 is 10.6 Å². The zero-order valence-corrected chi connectivity index (χ0v) is 12.7. The van der Waals surface area contributed by atoms with Crippen LogP contribution in [0, 0.1) is 5.41 Å². The van der Waals surface area contributed by atoms with Crippen molar-refractivity contribution in [2.75, 3.05) is 6.54 Å². The molecule has 1 aromatic rings. The zero-order valence-electron chi connectivity index (χ0n) is 12.7. The van der Waals surface area contributed by atoms with E-state index < -0.39 is 0 Å². The summed E-state index contributed by atoms with van der Waals surface area (Å²) >= 11 is 0. The Bertz CT molecular complexity index is 551. The number of carbonyl (C=O) groups is 1. The molecule has 0 unspecified atom stereocenters. The summed E-state index contributed by atoms with van der Waals surface area (Å²) in [4.78, 5) is 12.7. The molecule has 2 atom stereocenters. The molecule has 21 heavy (non-hydrogen) atoms. The van der Waals surface area contributed by atoms with E-state index in [-0.39, 0.29) is 11.3 Å². The second kappa shape index (κ2) is 4.83. The van der Waals surface area contributed by atoms with E-state index in [0.717, 1.165) is 31.5 Å². The topological polar surface area (TPSA) is 59.0 Å². The monoisotopic (exact) mass is 288 g/mol. The fourth-order valence-electron chi connectivity index (χ4n) is 4.26. The smallest absolute Gasteiger partial charge is 0.228 e. The van der Waals surface area contributed by atoms with Crippen molar-refractivity contribution in [2.24, 2.45) is 12.5 Å². The summed E-state index contributed by atoms with van der Waals surface area (Å²) < 4.78 is 1.98. The standard InChI is InChI=1S/C16H24N4O/c1-20-13(11-4-5-11)9-12(19-20)10-18-15(21)16-6-2-3-14(16)17-8-7-16/h9,11,14,17H,2-8,10H2,1H3,(H,18,21)/t14-,16+/m1/s1. The highest BCUT2D eigenvalue weighted by atomic mass is 16.2. The van der Waals surface area contributed by atoms with Gasteiger partial charge in [-0.15, -0.1) is 0 Å². The SMILES string of the molecule is Cn1nc(CNC(=O)[C@]23CCC[C@H]2NCC3)cc1C1CC1. The van der Waals surface area contributed by atoms with Gasteiger partial charge in [0, 0.05) is 24.7 Å². The first kappa shape index (κ1) is 13.3. The summed E-state index contributed by atoms with van der Waals surface area (Å²) in [5, 5.41) is 11.2. The van der Waals surface area contributed by atoms with E-state index in [4.69, 9.17) is 0 Å². The van der Waals surface area contributed by atoms with E-state index >= 15 is 0 Å². The number of aromatic nitrogens is 2. The lowest BCUT2D eigenvalue weighted by Gasteiger charge is -2.27. The molecule has 1 aromatic heterocycles. The second-order valence-electron chi connectivity index (χ2n) is 6.95. The molecule has 5 heteroatoms. The Morgan fingerprint density at radius 1 is 1.48 bits per heavy atom. The van der Waals surface area contributed by atoms with Crippen molar-refractivity contribution in [3.05, 3.63) is 17.5 Å². The van der Waals surface area contributed by atoms with E-state index in [1.165, 1.54) is 25.0 Å². The zero-order chi connectivity index (χ0) is 14.4. The van der Waals surface area contributed by atoms with Gasteiger partial charge in [-0.2, -0.15) is 5.10 Å². The number of fused-ring (bicyclic) bond motifs is 1. The van der Waals surface area contributed by atoms with Gasteiger partial charge in [-0.05, 0) is 44.7 Å². The molecule has 1 amide bonds. The molecule has 0 spiro atoms. The van der Waals surface area contributed by atoms with Crippen LogP contribution in [-0.2, 0) is 18.4 Å². The highest BCUT2D eigenvalue weighted by molar-refractivity contribution is 5.84. The van der Waals surface area contributed by atoms with E-state index in [0.29, 0.717) is 18.5 Å². The second-order valence-corrected chi connectivity index (χ2v) is 6.95. The summed E-state index contributed by atoms with van der Waals surface area (Å²) in [5.41, 5.74) is 2.16. The lowest BCUT2D eigenvalue weighted by atomic mass is 9.81. The molecule has 0 bridgehead atoms. The van der Waals surface area contributed by atoms with Crippen LogP contribution in [0.3, 0.4) is 0 Å². The van der Waals surface area contributed by atoms with Crippen LogP contribution in [-0.4, -0.2) is 28.3 Å². The van der Waals surface area contributed by atoms with Gasteiger partial charge in [0.25, 0.3) is 0 Å². The van der Waals surface area contributed by atoms with Crippen LogP contribution >= 0.6 is 0 Å². The molecule has 0 radical (unpaired) electrons. The van der Waals surface area contributed by atoms with Crippen LogP contribution in [0.5, 0.6) is 0 Å². The number of hydrogen-bond donors (Lipinski definition) is 2. The molecular formula is C16H24N4O. The van der Waals surface area contributed by atoms with Gasteiger partial charge in [0.15, 0.2) is 0 Å². The first-order chi connectivity index (χ1) is 10.2. The average molecular weight is 288 g/mol. The fraction of sp³-hybridized carbons (Fsp3) is 0.750. The van der Waals surface area contributed by atoms with Gasteiger partial charge in [-0.1, -0.05) is 6.42 Å². The third-order valence-electron chi connectivity index (χ3n) is 5.59. The Balaban J connectivity index is 1.42. The Kier molecular flexibility index (Phi) is 3.06. The van der Waals surface area contributed by atoms with Gasteiger partial charge < -0.3 is 10.6 Å². The molecule has 5 nitrogen and oxygen atoms in total. The third-order valence-corrected chi connectivity index (χ3v) is 5.59. The molecule has 4 rings (SSSR count). The maximum absolute atomic E-state index is 12.7. The number of amides is 1. The minimum absolute atomic E-state index is 0.145. The van der Waals surface area contributed by atoms with Crippen molar-refractivity contribution in [2.45, 2.75) is 57.0 Å². The normalized spacial score (nSPS) is 31.4. The summed E-state index contributed by atoms with van der Waals surface area (Å²) in [5.74, 6) is 0.928. The molecule has 1 saturated heterocycles. The van der Waals surface area contributed by atoms with Crippen molar-refractivity contribution in [3.63, 3.8) is 0 Å². The molecule has 3 fully saturated rings. The highest BCUT2D eigenvalue weighted by Crippen LogP contribution is 2.44. The molecule has 2 saturated carbocycles. The molecule has 0 aromatic carbocycles. The Hall–Kier alpha value is -1.36. The van der Waals surface area contributed by atoms with Gasteiger partial charge >= 0.3 is 0 Å². The van der Waals surface area contributed by atoms with Gasteiger partial charge in [-0.25, -0.2) is 0 Å². The molecule has 114 valence electrons. The quantitative estimate of drug-likeness (QED) is 0.881. The summed E-state index contributed by atoms with van der Waals surface area (Å²) in [7, 11) is 2.01. The van der Waals surface area contributed by atoms with E-state index in [9.17, 15) is 4.79 Å². The number of carbonyl (C=O) groups excluding carboxylic acids is 1. The van der Waals surface area contributed by atoms with E-state index in [1.807, 2.05) is 11.7 Å². The number of hydrogen-bond acceptors (Lipinski definition) is 3. The van der Waals surface area contributed by atoms with Gasteiger partial charge in [0.2, 0.25) is 5.91 Å². The highest BCUT2D eigenvalue weighted by Gasteiger charge is 2.51. The molecular weight excluding hydrogens is 264 g/mol. The van der Waals surface area contributed by atoms with Crippen molar-refractivity contribution in [3.8, 4) is 0 Å². The molecule has 2 N–H and O–H groups in total. The van der Waals surface area contributed by atoms with Crippen LogP contribution in [0.4, 0.5) is 0 Å². The third kappa shape index (κ3) is 2.18. The van der Waals surface area contributed by atoms with Crippen LogP contribution in [0.25, 0.3) is 0 Å². The number of aryl methyl sites for hydroxylation is 1. The average Bonchev–Trinajstić information content (AvgIpc) is 2.92. The molecule has 2 heterocycles. The van der Waals surface area contributed by atoms with Gasteiger partial charge in [-0.3, -0.25) is 9.48 Å². The lowest BCUT2D eigenvalue weighted by molar-refractivity contribution is -0.131. The maximum atomic E-state index is 12.7. The first-order valence-electron chi connectivity index (χ1n) is 8.23. The summed E-state index contributed by atoms with van der Waals surface area (Å²) in [6, 6.07) is 2.55. The van der Waals surface area contributed by atoms with E-state index in [1.54, 1.807) is 0 Å². The number of nitrogens with zero attached hydrogens (tertiary/aromatic N) is 2. The number of rotatable bonds is 4. The van der Waals surface area contributed by atoms with Crippen molar-refractivity contribution in [1.29, 1.82) is 0 Å². The van der Waals surface area contributed by atoms with E-state index in [2.05, 4.69) is 21.8 Å². The number of nitrogens with one attached hydrogen (secondary N) is 2. The Morgan fingerprint density at radius 3 is 3.14 bits per heavy atom. The Morgan fingerprint density at radius 2 is 2.33 bits per heavy atom. The predicted molar refractivity (Wildman–Crippen MR) is 79.7 cm³/mol. The van der Waals surface area contributed by atoms with Crippen molar-refractivity contribution in [1.82, 2.24) is 20.4 Å². The fourth-order valence-corrected chi connectivity index (χ4v) is 4.26. The van der Waals surface area contributed by atoms with Crippen LogP contribution in [0.1, 0.15) is 55.8 Å². The molecule has 1 aliphatic heterocycles. The first-order valence-corrected chi connectivity index (χ1v) is 8.23. The minimum atomic E-state index is -0.145. The lowest BCUT2D eigenvalue weighted by Crippen LogP contribution is -2.45. The van der Waals surface area contributed by atoms with Gasteiger partial charge in [0.1, 0.15) is 0 Å². The Labute approximate surface area is 125 Å². The van der Waals surface area contributed by atoms with Gasteiger partial charge in [0.05, 0.1) is 17.7 Å². The predicted octanol–water partition coefficient (Wildman–Crippen LogP) is 1.45. The largest absolute Gasteiger partial charge is 0.350 e. The minimum Gasteiger partial charge on any atom is -0.350 e. The van der Waals surface area contributed by atoms with Crippen LogP contribution in [0.15, 0.2) is 6.07 Å². The molecule has 2 aliphatic carbocycles. The summed E-state index contributed by atoms with van der Waals surface area (Å²) in [6.07, 6.45) is 6.89. The van der Waals surface area contributed by atoms with Crippen molar-refractivity contribution < 1.29 is 4.79 Å². The summed E-state index contributed by atoms with van der Waals surface area (Å²) in [6.45, 7) is 1.54.